The maximum Gasteiger partial charge on any atom is 0.305 e. The standard InChI is InChI=1S/C15H18O4/c1-11-14(8-9-15(18-11)19-12(2)16)17-10-13-6-4-3-5-7-13/h3-9,11,14-15H,10H2,1-2H3/t11-,14-,15-/m0/s1. The van der Waals surface area contributed by atoms with E-state index in [-0.39, 0.29) is 18.2 Å². The third kappa shape index (κ3) is 4.19. The van der Waals surface area contributed by atoms with Crippen molar-refractivity contribution >= 4 is 5.97 Å². The summed E-state index contributed by atoms with van der Waals surface area (Å²) in [7, 11) is 0. The van der Waals surface area contributed by atoms with Gasteiger partial charge in [0.1, 0.15) is 6.10 Å². The third-order valence-corrected chi connectivity index (χ3v) is 2.84. The van der Waals surface area contributed by atoms with Crippen LogP contribution in [0.15, 0.2) is 42.5 Å². The molecule has 0 saturated carbocycles. The largest absolute Gasteiger partial charge is 0.432 e. The molecule has 4 heteroatoms. The lowest BCUT2D eigenvalue weighted by Crippen LogP contribution is -2.36. The van der Waals surface area contributed by atoms with E-state index >= 15 is 0 Å². The number of benzene rings is 1. The van der Waals surface area contributed by atoms with Gasteiger partial charge in [-0.1, -0.05) is 36.4 Å². The quantitative estimate of drug-likeness (QED) is 0.617. The molecule has 0 radical (unpaired) electrons. The van der Waals surface area contributed by atoms with Crippen molar-refractivity contribution < 1.29 is 19.0 Å². The first-order valence-corrected chi connectivity index (χ1v) is 6.31. The molecule has 102 valence electrons. The van der Waals surface area contributed by atoms with Gasteiger partial charge in [-0.3, -0.25) is 4.79 Å². The van der Waals surface area contributed by atoms with Crippen molar-refractivity contribution in [2.75, 3.05) is 0 Å². The van der Waals surface area contributed by atoms with Crippen molar-refractivity contribution in [2.45, 2.75) is 39.0 Å². The molecule has 1 heterocycles. The van der Waals surface area contributed by atoms with Crippen molar-refractivity contribution in [3.8, 4) is 0 Å². The lowest BCUT2D eigenvalue weighted by atomic mass is 10.1. The van der Waals surface area contributed by atoms with Gasteiger partial charge in [-0.2, -0.15) is 0 Å². The summed E-state index contributed by atoms with van der Waals surface area (Å²) in [5.41, 5.74) is 1.12. The van der Waals surface area contributed by atoms with Crippen LogP contribution >= 0.6 is 0 Å². The first kappa shape index (κ1) is 13.8. The summed E-state index contributed by atoms with van der Waals surface area (Å²) in [4.78, 5) is 10.8. The van der Waals surface area contributed by atoms with Gasteiger partial charge < -0.3 is 14.2 Å². The van der Waals surface area contributed by atoms with Gasteiger partial charge in [-0.05, 0) is 18.6 Å². The highest BCUT2D eigenvalue weighted by molar-refractivity contribution is 5.66. The fourth-order valence-electron chi connectivity index (χ4n) is 1.88. The fourth-order valence-corrected chi connectivity index (χ4v) is 1.88. The van der Waals surface area contributed by atoms with Crippen LogP contribution in [-0.4, -0.2) is 24.5 Å². The predicted molar refractivity (Wildman–Crippen MR) is 70.3 cm³/mol. The maximum atomic E-state index is 10.8. The minimum Gasteiger partial charge on any atom is -0.432 e. The lowest BCUT2D eigenvalue weighted by molar-refractivity contribution is -0.188. The Morgan fingerprint density at radius 1 is 1.26 bits per heavy atom. The molecule has 0 bridgehead atoms. The number of esters is 1. The molecule has 0 unspecified atom stereocenters. The first-order chi connectivity index (χ1) is 9.15. The second kappa shape index (κ2) is 6.50. The van der Waals surface area contributed by atoms with E-state index in [0.717, 1.165) is 5.56 Å². The highest BCUT2D eigenvalue weighted by Crippen LogP contribution is 2.18. The van der Waals surface area contributed by atoms with Crippen molar-refractivity contribution in [2.24, 2.45) is 0 Å². The molecule has 1 aliphatic heterocycles. The van der Waals surface area contributed by atoms with Gasteiger partial charge in [-0.15, -0.1) is 0 Å². The molecule has 0 spiro atoms. The topological polar surface area (TPSA) is 44.8 Å². The molecule has 19 heavy (non-hydrogen) atoms. The van der Waals surface area contributed by atoms with Crippen molar-refractivity contribution in [1.82, 2.24) is 0 Å². The number of carbonyl (C=O) groups is 1. The Morgan fingerprint density at radius 3 is 2.63 bits per heavy atom. The minimum absolute atomic E-state index is 0.132. The summed E-state index contributed by atoms with van der Waals surface area (Å²) in [6, 6.07) is 9.96. The van der Waals surface area contributed by atoms with Crippen LogP contribution < -0.4 is 0 Å². The van der Waals surface area contributed by atoms with Crippen LogP contribution in [-0.2, 0) is 25.6 Å². The number of rotatable bonds is 4. The highest BCUT2D eigenvalue weighted by Gasteiger charge is 2.25. The number of ether oxygens (including phenoxy) is 3. The van der Waals surface area contributed by atoms with Gasteiger partial charge in [-0.25, -0.2) is 0 Å². The average Bonchev–Trinajstić information content (AvgIpc) is 2.38. The van der Waals surface area contributed by atoms with Gasteiger partial charge >= 0.3 is 5.97 Å². The molecule has 0 saturated heterocycles. The Morgan fingerprint density at radius 2 is 2.00 bits per heavy atom. The molecular formula is C15H18O4. The summed E-state index contributed by atoms with van der Waals surface area (Å²) in [6.07, 6.45) is 2.69. The molecule has 4 nitrogen and oxygen atoms in total. The van der Waals surface area contributed by atoms with Crippen LogP contribution in [0.1, 0.15) is 19.4 Å². The van der Waals surface area contributed by atoms with E-state index in [4.69, 9.17) is 14.2 Å². The minimum atomic E-state index is -0.607. The van der Waals surface area contributed by atoms with E-state index in [1.807, 2.05) is 43.3 Å². The van der Waals surface area contributed by atoms with Crippen LogP contribution in [0.25, 0.3) is 0 Å². The van der Waals surface area contributed by atoms with Crippen molar-refractivity contribution in [3.63, 3.8) is 0 Å². The van der Waals surface area contributed by atoms with E-state index in [9.17, 15) is 4.79 Å². The number of hydrogen-bond donors (Lipinski definition) is 0. The highest BCUT2D eigenvalue weighted by atomic mass is 16.7. The maximum absolute atomic E-state index is 10.8. The molecular weight excluding hydrogens is 244 g/mol. The zero-order chi connectivity index (χ0) is 13.7. The van der Waals surface area contributed by atoms with Crippen LogP contribution in [0.3, 0.4) is 0 Å². The second-order valence-corrected chi connectivity index (χ2v) is 4.47. The Kier molecular flexibility index (Phi) is 4.71. The summed E-state index contributed by atoms with van der Waals surface area (Å²) in [5, 5.41) is 0. The molecule has 0 fully saturated rings. The van der Waals surface area contributed by atoms with E-state index in [1.165, 1.54) is 6.92 Å². The van der Waals surface area contributed by atoms with Gasteiger partial charge in [0.05, 0.1) is 12.7 Å². The predicted octanol–water partition coefficient (Wildman–Crippen LogP) is 2.44. The molecule has 3 atom stereocenters. The molecule has 0 N–H and O–H groups in total. The monoisotopic (exact) mass is 262 g/mol. The van der Waals surface area contributed by atoms with Crippen LogP contribution in [0.5, 0.6) is 0 Å². The fraction of sp³-hybridized carbons (Fsp3) is 0.400. The third-order valence-electron chi connectivity index (χ3n) is 2.84. The molecule has 1 aromatic rings. The normalized spacial score (nSPS) is 26.1. The van der Waals surface area contributed by atoms with E-state index < -0.39 is 6.29 Å². The summed E-state index contributed by atoms with van der Waals surface area (Å²) in [5.74, 6) is -0.356. The van der Waals surface area contributed by atoms with Gasteiger partial charge in [0.25, 0.3) is 0 Å². The van der Waals surface area contributed by atoms with Crippen LogP contribution in [0.4, 0.5) is 0 Å². The van der Waals surface area contributed by atoms with Crippen molar-refractivity contribution in [3.05, 3.63) is 48.0 Å². The number of carbonyl (C=O) groups excluding carboxylic acids is 1. The zero-order valence-corrected chi connectivity index (χ0v) is 11.1. The van der Waals surface area contributed by atoms with E-state index in [0.29, 0.717) is 6.61 Å². The van der Waals surface area contributed by atoms with Crippen molar-refractivity contribution in [1.29, 1.82) is 0 Å². The Labute approximate surface area is 113 Å². The van der Waals surface area contributed by atoms with Crippen LogP contribution in [0.2, 0.25) is 0 Å². The summed E-state index contributed by atoms with van der Waals surface area (Å²) in [6.45, 7) is 3.79. The average molecular weight is 262 g/mol. The summed E-state index contributed by atoms with van der Waals surface area (Å²) < 4.78 is 16.3. The SMILES string of the molecule is CC(=O)O[C@H]1C=C[C@H](OCc2ccccc2)[C@H](C)O1. The molecule has 0 aromatic heterocycles. The van der Waals surface area contributed by atoms with Gasteiger partial charge in [0.2, 0.25) is 6.29 Å². The molecule has 1 aromatic carbocycles. The Hall–Kier alpha value is -1.65. The Bertz CT molecular complexity index is 441. The Balaban J connectivity index is 1.86. The molecule has 1 aliphatic rings. The molecule has 2 rings (SSSR count). The van der Waals surface area contributed by atoms with E-state index in [1.54, 1.807) is 6.08 Å². The molecule has 0 amide bonds. The van der Waals surface area contributed by atoms with Crippen LogP contribution in [0, 0.1) is 0 Å². The van der Waals surface area contributed by atoms with E-state index in [2.05, 4.69) is 0 Å². The molecule has 0 aliphatic carbocycles. The first-order valence-electron chi connectivity index (χ1n) is 6.31. The second-order valence-electron chi connectivity index (χ2n) is 4.47. The number of hydrogen-bond acceptors (Lipinski definition) is 4. The van der Waals surface area contributed by atoms with Gasteiger partial charge in [0, 0.05) is 6.92 Å². The zero-order valence-electron chi connectivity index (χ0n) is 11.1. The summed E-state index contributed by atoms with van der Waals surface area (Å²) >= 11 is 0. The smallest absolute Gasteiger partial charge is 0.305 e. The van der Waals surface area contributed by atoms with Gasteiger partial charge in [0.15, 0.2) is 0 Å². The lowest BCUT2D eigenvalue weighted by Gasteiger charge is -2.29.